The average molecular weight is 325 g/mol. The van der Waals surface area contributed by atoms with Crippen molar-refractivity contribution in [2.75, 3.05) is 12.1 Å². The lowest BCUT2D eigenvalue weighted by Gasteiger charge is -2.19. The van der Waals surface area contributed by atoms with E-state index in [1.165, 1.54) is 26.0 Å². The van der Waals surface area contributed by atoms with Crippen LogP contribution in [0.3, 0.4) is 0 Å². The van der Waals surface area contributed by atoms with E-state index in [2.05, 4.69) is 15.8 Å². The highest BCUT2D eigenvalue weighted by atomic mass is 35.5. The summed E-state index contributed by atoms with van der Waals surface area (Å²) in [6.07, 6.45) is 0. The number of allylic oxidation sites excluding steroid dienone is 1. The van der Waals surface area contributed by atoms with Crippen LogP contribution in [0.1, 0.15) is 13.8 Å². The zero-order valence-corrected chi connectivity index (χ0v) is 12.8. The topological polar surface area (TPSA) is 92.6 Å². The van der Waals surface area contributed by atoms with Gasteiger partial charge in [-0.1, -0.05) is 17.2 Å². The normalized spacial score (nSPS) is 16.9. The summed E-state index contributed by atoms with van der Waals surface area (Å²) < 4.78 is 5.24. The van der Waals surface area contributed by atoms with Crippen LogP contribution in [-0.2, 0) is 14.4 Å². The van der Waals surface area contributed by atoms with Crippen LogP contribution in [0, 0.1) is 0 Å². The average Bonchev–Trinajstić information content (AvgIpc) is 2.86. The molecule has 0 spiro atoms. The van der Waals surface area contributed by atoms with Gasteiger partial charge in [-0.15, -0.1) is 10.2 Å². The van der Waals surface area contributed by atoms with Gasteiger partial charge in [-0.25, -0.2) is 9.80 Å². The SMILES string of the molecule is COc1cc(Cl)ccc1N1NOC(=O)/C1=C(/C)N=NC(C)=O. The van der Waals surface area contributed by atoms with Crippen LogP contribution in [0.15, 0.2) is 39.8 Å². The number of nitrogens with one attached hydrogen (secondary N) is 1. The van der Waals surface area contributed by atoms with Gasteiger partial charge in [0.1, 0.15) is 11.4 Å². The van der Waals surface area contributed by atoms with Crippen LogP contribution in [0.25, 0.3) is 0 Å². The maximum Gasteiger partial charge on any atom is 0.378 e. The number of ether oxygens (including phenoxy) is 1. The van der Waals surface area contributed by atoms with E-state index in [0.29, 0.717) is 16.5 Å². The Hall–Kier alpha value is -2.45. The molecule has 1 aliphatic rings. The minimum atomic E-state index is -0.656. The molecule has 1 fully saturated rings. The number of carbonyl (C=O) groups excluding carboxylic acids is 2. The van der Waals surface area contributed by atoms with Crippen LogP contribution in [0.2, 0.25) is 5.02 Å². The number of hydrogen-bond donors (Lipinski definition) is 1. The largest absolute Gasteiger partial charge is 0.494 e. The first-order valence-electron chi connectivity index (χ1n) is 6.17. The van der Waals surface area contributed by atoms with Crippen molar-refractivity contribution in [3.05, 3.63) is 34.6 Å². The molecule has 0 aliphatic carbocycles. The predicted octanol–water partition coefficient (Wildman–Crippen LogP) is 2.36. The van der Waals surface area contributed by atoms with Crippen molar-refractivity contribution in [1.29, 1.82) is 0 Å². The van der Waals surface area contributed by atoms with E-state index in [4.69, 9.17) is 21.2 Å². The first-order valence-corrected chi connectivity index (χ1v) is 6.55. The van der Waals surface area contributed by atoms with Crippen LogP contribution < -0.4 is 15.3 Å². The number of benzene rings is 1. The van der Waals surface area contributed by atoms with Gasteiger partial charge in [0.05, 0.1) is 12.8 Å². The molecular weight excluding hydrogens is 312 g/mol. The number of amides is 1. The second kappa shape index (κ2) is 6.54. The Morgan fingerprint density at radius 1 is 1.36 bits per heavy atom. The van der Waals surface area contributed by atoms with E-state index in [0.717, 1.165) is 0 Å². The first kappa shape index (κ1) is 15.9. The van der Waals surface area contributed by atoms with Crippen molar-refractivity contribution in [3.63, 3.8) is 0 Å². The highest BCUT2D eigenvalue weighted by Gasteiger charge is 2.33. The van der Waals surface area contributed by atoms with Gasteiger partial charge in [-0.3, -0.25) is 4.79 Å². The molecule has 0 radical (unpaired) electrons. The number of methoxy groups -OCH3 is 1. The molecule has 1 heterocycles. The van der Waals surface area contributed by atoms with Crippen molar-refractivity contribution in [1.82, 2.24) is 5.59 Å². The number of carbonyl (C=O) groups is 2. The fourth-order valence-corrected chi connectivity index (χ4v) is 1.94. The Morgan fingerprint density at radius 3 is 2.73 bits per heavy atom. The molecule has 0 bridgehead atoms. The molecule has 0 aromatic heterocycles. The molecule has 1 aliphatic heterocycles. The molecule has 1 N–H and O–H groups in total. The Labute approximate surface area is 131 Å². The lowest BCUT2D eigenvalue weighted by Crippen LogP contribution is -2.29. The van der Waals surface area contributed by atoms with Crippen molar-refractivity contribution >= 4 is 29.2 Å². The Bertz CT molecular complexity index is 687. The van der Waals surface area contributed by atoms with Crippen LogP contribution in [-0.4, -0.2) is 19.0 Å². The molecule has 0 saturated carbocycles. The smallest absolute Gasteiger partial charge is 0.378 e. The minimum Gasteiger partial charge on any atom is -0.494 e. The van der Waals surface area contributed by atoms with Gasteiger partial charge in [0.2, 0.25) is 0 Å². The van der Waals surface area contributed by atoms with E-state index in [9.17, 15) is 9.59 Å². The van der Waals surface area contributed by atoms with Crippen LogP contribution >= 0.6 is 11.6 Å². The van der Waals surface area contributed by atoms with E-state index in [1.807, 2.05) is 0 Å². The van der Waals surface area contributed by atoms with Crippen molar-refractivity contribution in [2.45, 2.75) is 13.8 Å². The van der Waals surface area contributed by atoms with Gasteiger partial charge >= 0.3 is 5.97 Å². The molecule has 2 rings (SSSR count). The molecular formula is C13H13ClN4O4. The highest BCUT2D eigenvalue weighted by Crippen LogP contribution is 2.34. The number of rotatable bonds is 3. The van der Waals surface area contributed by atoms with Gasteiger partial charge in [-0.05, 0) is 19.1 Å². The van der Waals surface area contributed by atoms with Gasteiger partial charge in [0, 0.05) is 18.0 Å². The third kappa shape index (κ3) is 3.23. The number of hydrazine groups is 1. The zero-order valence-electron chi connectivity index (χ0n) is 12.1. The van der Waals surface area contributed by atoms with Crippen LogP contribution in [0.5, 0.6) is 5.75 Å². The van der Waals surface area contributed by atoms with Gasteiger partial charge in [0.25, 0.3) is 5.91 Å². The summed E-state index contributed by atoms with van der Waals surface area (Å²) in [6, 6.07) is 4.87. The highest BCUT2D eigenvalue weighted by molar-refractivity contribution is 6.30. The van der Waals surface area contributed by atoms with E-state index in [1.54, 1.807) is 18.2 Å². The summed E-state index contributed by atoms with van der Waals surface area (Å²) in [4.78, 5) is 27.5. The third-order valence-electron chi connectivity index (χ3n) is 2.71. The molecule has 22 heavy (non-hydrogen) atoms. The summed E-state index contributed by atoms with van der Waals surface area (Å²) in [5.41, 5.74) is 3.24. The Kier molecular flexibility index (Phi) is 4.74. The van der Waals surface area contributed by atoms with Gasteiger partial charge in [0.15, 0.2) is 5.70 Å². The van der Waals surface area contributed by atoms with E-state index in [-0.39, 0.29) is 11.4 Å². The molecule has 1 aromatic carbocycles. The summed E-state index contributed by atoms with van der Waals surface area (Å²) in [5, 5.41) is 8.93. The molecule has 1 aromatic rings. The fraction of sp³-hybridized carbons (Fsp3) is 0.231. The van der Waals surface area contributed by atoms with Crippen LogP contribution in [0.4, 0.5) is 5.69 Å². The number of anilines is 1. The monoisotopic (exact) mass is 324 g/mol. The molecule has 0 atom stereocenters. The maximum atomic E-state index is 11.9. The predicted molar refractivity (Wildman–Crippen MR) is 77.9 cm³/mol. The number of halogens is 1. The van der Waals surface area contributed by atoms with E-state index >= 15 is 0 Å². The lowest BCUT2D eigenvalue weighted by molar-refractivity contribution is -0.140. The molecule has 0 unspecified atom stereocenters. The lowest BCUT2D eigenvalue weighted by atomic mass is 10.2. The van der Waals surface area contributed by atoms with Gasteiger partial charge in [-0.2, -0.15) is 0 Å². The second-order valence-corrected chi connectivity index (χ2v) is 4.72. The van der Waals surface area contributed by atoms with E-state index < -0.39 is 11.9 Å². The summed E-state index contributed by atoms with van der Waals surface area (Å²) >= 11 is 5.91. The quantitative estimate of drug-likeness (QED) is 0.677. The number of azo groups is 1. The maximum absolute atomic E-state index is 11.9. The second-order valence-electron chi connectivity index (χ2n) is 4.29. The third-order valence-corrected chi connectivity index (χ3v) is 2.95. The Morgan fingerprint density at radius 2 is 2.09 bits per heavy atom. The molecule has 8 nitrogen and oxygen atoms in total. The standard InChI is InChI=1S/C13H13ClN4O4/c1-7(15-16-8(2)19)12-13(20)22-17-18(12)10-5-4-9(14)6-11(10)21-3/h4-6,17H,1-3H3/b12-7+,16-15?. The molecule has 1 saturated heterocycles. The fourth-order valence-electron chi connectivity index (χ4n) is 1.78. The number of hydrogen-bond acceptors (Lipinski definition) is 7. The molecule has 9 heteroatoms. The van der Waals surface area contributed by atoms with Crippen molar-refractivity contribution in [3.8, 4) is 5.75 Å². The minimum absolute atomic E-state index is 0.0885. The summed E-state index contributed by atoms with van der Waals surface area (Å²) in [5.74, 6) is -0.709. The zero-order chi connectivity index (χ0) is 16.3. The molecule has 1 amide bonds. The molecule has 116 valence electrons. The van der Waals surface area contributed by atoms with Gasteiger partial charge < -0.3 is 9.57 Å². The number of nitrogens with zero attached hydrogens (tertiary/aromatic N) is 3. The summed E-state index contributed by atoms with van der Waals surface area (Å²) in [6.45, 7) is 2.79. The van der Waals surface area contributed by atoms with Crippen molar-refractivity contribution in [2.24, 2.45) is 10.2 Å². The van der Waals surface area contributed by atoms with Crippen molar-refractivity contribution < 1.29 is 19.2 Å². The summed E-state index contributed by atoms with van der Waals surface area (Å²) in [7, 11) is 1.47. The first-order chi connectivity index (χ1) is 10.4. The Balaban J connectivity index is 2.48.